The lowest BCUT2D eigenvalue weighted by atomic mass is 9.78. The molecular weight excluding hydrogens is 330 g/mol. The van der Waals surface area contributed by atoms with Gasteiger partial charge in [-0.05, 0) is 57.1 Å². The van der Waals surface area contributed by atoms with Crippen molar-refractivity contribution in [1.29, 1.82) is 0 Å². The summed E-state index contributed by atoms with van der Waals surface area (Å²) in [5, 5.41) is 9.73. The molecule has 0 radical (unpaired) electrons. The van der Waals surface area contributed by atoms with E-state index in [4.69, 9.17) is 0 Å². The van der Waals surface area contributed by atoms with Gasteiger partial charge < -0.3 is 14.9 Å². The second-order valence-electron chi connectivity index (χ2n) is 8.06. The fraction of sp³-hybridized carbons (Fsp3) is 0.650. The lowest BCUT2D eigenvalue weighted by molar-refractivity contribution is -0.141. The van der Waals surface area contributed by atoms with Gasteiger partial charge >= 0.3 is 0 Å². The Bertz CT molecular complexity index is 672. The molecule has 0 aromatic carbocycles. The molecule has 4 rings (SSSR count). The summed E-state index contributed by atoms with van der Waals surface area (Å²) in [4.78, 5) is 34.0. The van der Waals surface area contributed by atoms with E-state index in [0.29, 0.717) is 18.7 Å². The Morgan fingerprint density at radius 2 is 1.85 bits per heavy atom. The molecule has 26 heavy (non-hydrogen) atoms. The molecule has 1 spiro atoms. The second-order valence-corrected chi connectivity index (χ2v) is 8.06. The molecule has 3 aliphatic rings. The maximum atomic E-state index is 13.3. The highest BCUT2D eigenvalue weighted by molar-refractivity contribution is 5.95. The zero-order valence-electron chi connectivity index (χ0n) is 15.1. The number of aromatic nitrogens is 1. The molecular formula is C20H27N3O3. The number of aliphatic hydroxyl groups is 1. The highest BCUT2D eigenvalue weighted by Crippen LogP contribution is 2.42. The molecule has 1 aromatic rings. The molecule has 2 saturated heterocycles. The van der Waals surface area contributed by atoms with Crippen molar-refractivity contribution in [3.63, 3.8) is 0 Å². The molecule has 1 atom stereocenters. The Morgan fingerprint density at radius 3 is 2.58 bits per heavy atom. The van der Waals surface area contributed by atoms with Crippen LogP contribution in [0.25, 0.3) is 0 Å². The largest absolute Gasteiger partial charge is 0.393 e. The number of hydrogen-bond acceptors (Lipinski definition) is 4. The number of carbonyl (C=O) groups is 2. The van der Waals surface area contributed by atoms with Gasteiger partial charge in [-0.2, -0.15) is 0 Å². The summed E-state index contributed by atoms with van der Waals surface area (Å²) >= 11 is 0. The van der Waals surface area contributed by atoms with E-state index in [0.717, 1.165) is 51.5 Å². The Balaban J connectivity index is 1.46. The molecule has 1 aliphatic carbocycles. The van der Waals surface area contributed by atoms with Crippen LogP contribution in [0.1, 0.15) is 55.3 Å². The van der Waals surface area contributed by atoms with Gasteiger partial charge in [0.2, 0.25) is 5.91 Å². The highest BCUT2D eigenvalue weighted by Gasteiger charge is 2.51. The van der Waals surface area contributed by atoms with Crippen LogP contribution in [0.2, 0.25) is 0 Å². The third-order valence-electron chi connectivity index (χ3n) is 6.44. The van der Waals surface area contributed by atoms with Crippen LogP contribution < -0.4 is 0 Å². The fourth-order valence-electron chi connectivity index (χ4n) is 4.93. The van der Waals surface area contributed by atoms with Crippen LogP contribution in [0.4, 0.5) is 0 Å². The average molecular weight is 357 g/mol. The number of aliphatic hydroxyl groups excluding tert-OH is 1. The van der Waals surface area contributed by atoms with Crippen LogP contribution >= 0.6 is 0 Å². The first kappa shape index (κ1) is 17.5. The van der Waals surface area contributed by atoms with E-state index in [1.807, 2.05) is 9.80 Å². The lowest BCUT2D eigenvalue weighted by Gasteiger charge is -2.40. The third kappa shape index (κ3) is 3.11. The van der Waals surface area contributed by atoms with Crippen molar-refractivity contribution in [1.82, 2.24) is 14.8 Å². The molecule has 6 nitrogen and oxygen atoms in total. The number of carbonyl (C=O) groups excluding carboxylic acids is 2. The Hall–Kier alpha value is -1.95. The van der Waals surface area contributed by atoms with Crippen molar-refractivity contribution in [2.24, 2.45) is 5.41 Å². The first-order chi connectivity index (χ1) is 12.6. The molecule has 6 heteroatoms. The van der Waals surface area contributed by atoms with E-state index in [9.17, 15) is 14.7 Å². The first-order valence-electron chi connectivity index (χ1n) is 9.77. The third-order valence-corrected chi connectivity index (χ3v) is 6.44. The molecule has 0 bridgehead atoms. The van der Waals surface area contributed by atoms with E-state index in [2.05, 4.69) is 4.98 Å². The van der Waals surface area contributed by atoms with Gasteiger partial charge in [-0.1, -0.05) is 0 Å². The van der Waals surface area contributed by atoms with Crippen LogP contribution in [0.3, 0.4) is 0 Å². The van der Waals surface area contributed by atoms with Crippen LogP contribution in [0, 0.1) is 5.41 Å². The van der Waals surface area contributed by atoms with Gasteiger partial charge in [0.25, 0.3) is 5.91 Å². The van der Waals surface area contributed by atoms with E-state index >= 15 is 0 Å². The zero-order chi connectivity index (χ0) is 18.1. The van der Waals surface area contributed by atoms with Gasteiger partial charge in [0.15, 0.2) is 0 Å². The van der Waals surface area contributed by atoms with Crippen molar-refractivity contribution in [3.8, 4) is 0 Å². The minimum Gasteiger partial charge on any atom is -0.393 e. The molecule has 140 valence electrons. The summed E-state index contributed by atoms with van der Waals surface area (Å²) in [5.41, 5.74) is 0.234. The Kier molecular flexibility index (Phi) is 4.69. The summed E-state index contributed by atoms with van der Waals surface area (Å²) in [7, 11) is 0. The normalized spacial score (nSPS) is 32.3. The zero-order valence-corrected chi connectivity index (χ0v) is 15.1. The Morgan fingerprint density at radius 1 is 1.12 bits per heavy atom. The van der Waals surface area contributed by atoms with Crippen LogP contribution in [-0.4, -0.2) is 63.5 Å². The molecule has 1 saturated carbocycles. The summed E-state index contributed by atoms with van der Waals surface area (Å²) in [6.45, 7) is 2.03. The van der Waals surface area contributed by atoms with Crippen LogP contribution in [-0.2, 0) is 4.79 Å². The van der Waals surface area contributed by atoms with Gasteiger partial charge in [0.1, 0.15) is 0 Å². The predicted molar refractivity (Wildman–Crippen MR) is 96.4 cm³/mol. The Labute approximate surface area is 154 Å². The summed E-state index contributed by atoms with van der Waals surface area (Å²) in [5.74, 6) is 0.227. The van der Waals surface area contributed by atoms with Crippen LogP contribution in [0.15, 0.2) is 24.5 Å². The highest BCUT2D eigenvalue weighted by atomic mass is 16.3. The smallest absolute Gasteiger partial charge is 0.253 e. The van der Waals surface area contributed by atoms with Crippen LogP contribution in [0.5, 0.6) is 0 Å². The van der Waals surface area contributed by atoms with Gasteiger partial charge in [-0.3, -0.25) is 14.6 Å². The maximum Gasteiger partial charge on any atom is 0.253 e. The van der Waals surface area contributed by atoms with Crippen molar-refractivity contribution in [2.45, 2.75) is 57.1 Å². The second kappa shape index (κ2) is 6.99. The number of hydrogen-bond donors (Lipinski definition) is 1. The number of likely N-dealkylation sites (tertiary alicyclic amines) is 2. The van der Waals surface area contributed by atoms with Crippen molar-refractivity contribution < 1.29 is 14.7 Å². The first-order valence-corrected chi connectivity index (χ1v) is 9.77. The molecule has 3 heterocycles. The standard InChI is InChI=1S/C20H27N3O3/c24-17-4-2-16(3-5-17)23-13-9-20(19(23)26)8-1-12-22(14-20)18(25)15-6-10-21-11-7-15/h6-7,10-11,16-17,24H,1-5,8-9,12-14H2. The van der Waals surface area contributed by atoms with Crippen molar-refractivity contribution >= 4 is 11.8 Å². The SMILES string of the molecule is O=C(c1ccncc1)N1CCCC2(CCN(C3CCC(O)CC3)C2=O)C1. The van der Waals surface area contributed by atoms with E-state index in [1.54, 1.807) is 24.5 Å². The summed E-state index contributed by atoms with van der Waals surface area (Å²) in [6.07, 6.45) is 9.00. The molecule has 1 unspecified atom stereocenters. The topological polar surface area (TPSA) is 73.7 Å². The van der Waals surface area contributed by atoms with Gasteiger partial charge in [0.05, 0.1) is 11.5 Å². The number of pyridine rings is 1. The van der Waals surface area contributed by atoms with Crippen molar-refractivity contribution in [2.75, 3.05) is 19.6 Å². The van der Waals surface area contributed by atoms with E-state index < -0.39 is 5.41 Å². The number of amides is 2. The number of piperidine rings is 1. The number of nitrogens with zero attached hydrogens (tertiary/aromatic N) is 3. The molecule has 2 aliphatic heterocycles. The number of rotatable bonds is 2. The quantitative estimate of drug-likeness (QED) is 0.876. The molecule has 2 amide bonds. The fourth-order valence-corrected chi connectivity index (χ4v) is 4.93. The maximum absolute atomic E-state index is 13.3. The van der Waals surface area contributed by atoms with Gasteiger partial charge in [-0.15, -0.1) is 0 Å². The minimum atomic E-state index is -0.406. The van der Waals surface area contributed by atoms with E-state index in [1.165, 1.54) is 0 Å². The molecule has 1 N–H and O–H groups in total. The minimum absolute atomic E-state index is 0.00138. The van der Waals surface area contributed by atoms with Crippen molar-refractivity contribution in [3.05, 3.63) is 30.1 Å². The van der Waals surface area contributed by atoms with Gasteiger partial charge in [0, 0.05) is 43.6 Å². The summed E-state index contributed by atoms with van der Waals surface area (Å²) < 4.78 is 0. The predicted octanol–water partition coefficient (Wildman–Crippen LogP) is 1.84. The molecule has 3 fully saturated rings. The lowest BCUT2D eigenvalue weighted by Crippen LogP contribution is -2.51. The summed E-state index contributed by atoms with van der Waals surface area (Å²) in [6, 6.07) is 3.73. The molecule has 1 aromatic heterocycles. The average Bonchev–Trinajstić information content (AvgIpc) is 2.98. The van der Waals surface area contributed by atoms with Gasteiger partial charge in [-0.25, -0.2) is 0 Å². The van der Waals surface area contributed by atoms with E-state index in [-0.39, 0.29) is 24.0 Å². The monoisotopic (exact) mass is 357 g/mol.